The van der Waals surface area contributed by atoms with Gasteiger partial charge in [-0.2, -0.15) is 5.26 Å². The number of amides is 2. The second-order valence-electron chi connectivity index (χ2n) is 7.59. The monoisotopic (exact) mass is 366 g/mol. The molecule has 2 saturated heterocycles. The molecular formula is C18H30N4O4. The summed E-state index contributed by atoms with van der Waals surface area (Å²) in [5, 5.41) is 12.5. The lowest BCUT2D eigenvalue weighted by molar-refractivity contribution is -0.133. The summed E-state index contributed by atoms with van der Waals surface area (Å²) in [6, 6.07) is 2.27. The van der Waals surface area contributed by atoms with E-state index in [0.29, 0.717) is 45.6 Å². The minimum Gasteiger partial charge on any atom is -0.436 e. The standard InChI is InChI=1S/C18H30N4O4/c1-14(2)12-15(26-17(24)22-8-10-25-11-9-22)16(23)20-18(13-19)4-6-21(3)7-5-18/h14-15H,4-12H2,1-3H3,(H,20,23). The van der Waals surface area contributed by atoms with E-state index in [1.165, 1.54) is 0 Å². The molecular weight excluding hydrogens is 336 g/mol. The third-order valence-corrected chi connectivity index (χ3v) is 4.91. The van der Waals surface area contributed by atoms with Crippen LogP contribution in [0, 0.1) is 17.2 Å². The van der Waals surface area contributed by atoms with Crippen molar-refractivity contribution in [3.63, 3.8) is 0 Å². The second kappa shape index (κ2) is 9.19. The van der Waals surface area contributed by atoms with Crippen molar-refractivity contribution in [2.45, 2.75) is 44.8 Å². The normalized spacial score (nSPS) is 21.7. The number of carbonyl (C=O) groups is 2. The van der Waals surface area contributed by atoms with Crippen LogP contribution in [0.4, 0.5) is 4.79 Å². The van der Waals surface area contributed by atoms with E-state index in [-0.39, 0.29) is 11.8 Å². The van der Waals surface area contributed by atoms with Gasteiger partial charge in [-0.3, -0.25) is 4.79 Å². The van der Waals surface area contributed by atoms with Gasteiger partial charge in [0, 0.05) is 26.2 Å². The van der Waals surface area contributed by atoms with Gasteiger partial charge in [0.15, 0.2) is 6.10 Å². The van der Waals surface area contributed by atoms with E-state index in [1.54, 1.807) is 4.90 Å². The summed E-state index contributed by atoms with van der Waals surface area (Å²) in [7, 11) is 1.99. The summed E-state index contributed by atoms with van der Waals surface area (Å²) < 4.78 is 10.7. The molecule has 26 heavy (non-hydrogen) atoms. The third kappa shape index (κ3) is 5.58. The Morgan fingerprint density at radius 1 is 1.23 bits per heavy atom. The lowest BCUT2D eigenvalue weighted by atomic mass is 9.88. The van der Waals surface area contributed by atoms with Crippen LogP contribution in [0.2, 0.25) is 0 Å². The Labute approximate surface area is 155 Å². The molecule has 2 aliphatic rings. The molecule has 1 unspecified atom stereocenters. The predicted octanol–water partition coefficient (Wildman–Crippen LogP) is 0.974. The van der Waals surface area contributed by atoms with Crippen molar-refractivity contribution in [3.05, 3.63) is 0 Å². The molecule has 1 N–H and O–H groups in total. The maximum atomic E-state index is 12.8. The van der Waals surface area contributed by atoms with Crippen molar-refractivity contribution in [2.75, 3.05) is 46.4 Å². The third-order valence-electron chi connectivity index (χ3n) is 4.91. The van der Waals surface area contributed by atoms with Crippen LogP contribution in [0.1, 0.15) is 33.1 Å². The van der Waals surface area contributed by atoms with E-state index in [0.717, 1.165) is 13.1 Å². The zero-order valence-electron chi connectivity index (χ0n) is 16.0. The van der Waals surface area contributed by atoms with Gasteiger partial charge < -0.3 is 24.6 Å². The highest BCUT2D eigenvalue weighted by Crippen LogP contribution is 2.22. The van der Waals surface area contributed by atoms with Gasteiger partial charge in [0.05, 0.1) is 19.3 Å². The molecule has 0 aromatic heterocycles. The zero-order valence-corrected chi connectivity index (χ0v) is 16.0. The lowest BCUT2D eigenvalue weighted by Gasteiger charge is -2.37. The summed E-state index contributed by atoms with van der Waals surface area (Å²) in [5.74, 6) is -0.204. The van der Waals surface area contributed by atoms with Crippen molar-refractivity contribution in [1.82, 2.24) is 15.1 Å². The molecule has 8 nitrogen and oxygen atoms in total. The van der Waals surface area contributed by atoms with E-state index in [9.17, 15) is 14.9 Å². The quantitative estimate of drug-likeness (QED) is 0.779. The Hall–Kier alpha value is -1.85. The highest BCUT2D eigenvalue weighted by molar-refractivity contribution is 5.84. The fraction of sp³-hybridized carbons (Fsp3) is 0.833. The molecule has 0 spiro atoms. The van der Waals surface area contributed by atoms with Crippen LogP contribution in [0.25, 0.3) is 0 Å². The largest absolute Gasteiger partial charge is 0.436 e. The number of ether oxygens (including phenoxy) is 2. The number of nitriles is 1. The van der Waals surface area contributed by atoms with Crippen molar-refractivity contribution < 1.29 is 19.1 Å². The summed E-state index contributed by atoms with van der Waals surface area (Å²) in [4.78, 5) is 28.9. The molecule has 2 rings (SSSR count). The molecule has 0 bridgehead atoms. The van der Waals surface area contributed by atoms with Gasteiger partial charge in [0.25, 0.3) is 5.91 Å². The fourth-order valence-corrected chi connectivity index (χ4v) is 3.16. The van der Waals surface area contributed by atoms with Gasteiger partial charge in [-0.15, -0.1) is 0 Å². The molecule has 0 radical (unpaired) electrons. The van der Waals surface area contributed by atoms with E-state index in [4.69, 9.17) is 9.47 Å². The first-order valence-electron chi connectivity index (χ1n) is 9.30. The van der Waals surface area contributed by atoms with Gasteiger partial charge in [-0.1, -0.05) is 13.8 Å². The van der Waals surface area contributed by atoms with Crippen LogP contribution in [-0.2, 0) is 14.3 Å². The molecule has 0 saturated carbocycles. The Morgan fingerprint density at radius 2 is 1.85 bits per heavy atom. The minimum atomic E-state index is -0.893. The molecule has 0 aromatic rings. The maximum absolute atomic E-state index is 12.8. The smallest absolute Gasteiger partial charge is 0.410 e. The SMILES string of the molecule is CC(C)CC(OC(=O)N1CCOCC1)C(=O)NC1(C#N)CCN(C)CC1. The average molecular weight is 366 g/mol. The van der Waals surface area contributed by atoms with Gasteiger partial charge in [-0.25, -0.2) is 4.79 Å². The number of hydrogen-bond donors (Lipinski definition) is 1. The maximum Gasteiger partial charge on any atom is 0.410 e. The van der Waals surface area contributed by atoms with E-state index >= 15 is 0 Å². The van der Waals surface area contributed by atoms with Crippen molar-refractivity contribution in [3.8, 4) is 6.07 Å². The van der Waals surface area contributed by atoms with Crippen LogP contribution in [-0.4, -0.2) is 79.9 Å². The van der Waals surface area contributed by atoms with E-state index in [1.807, 2.05) is 20.9 Å². The molecule has 2 amide bonds. The summed E-state index contributed by atoms with van der Waals surface area (Å²) in [6.45, 7) is 7.30. The summed E-state index contributed by atoms with van der Waals surface area (Å²) >= 11 is 0. The second-order valence-corrected chi connectivity index (χ2v) is 7.59. The Morgan fingerprint density at radius 3 is 2.38 bits per heavy atom. The van der Waals surface area contributed by atoms with E-state index in [2.05, 4.69) is 16.3 Å². The fourth-order valence-electron chi connectivity index (χ4n) is 3.16. The molecule has 1 atom stereocenters. The highest BCUT2D eigenvalue weighted by Gasteiger charge is 2.38. The highest BCUT2D eigenvalue weighted by atomic mass is 16.6. The summed E-state index contributed by atoms with van der Waals surface area (Å²) in [6.07, 6.45) is 0.164. The molecule has 146 valence electrons. The number of piperidine rings is 1. The first-order valence-corrected chi connectivity index (χ1v) is 9.30. The number of rotatable bonds is 5. The Bertz CT molecular complexity index is 532. The van der Waals surface area contributed by atoms with Crippen LogP contribution < -0.4 is 5.32 Å². The summed E-state index contributed by atoms with van der Waals surface area (Å²) in [5.41, 5.74) is -0.885. The van der Waals surface area contributed by atoms with Gasteiger partial charge >= 0.3 is 6.09 Å². The lowest BCUT2D eigenvalue weighted by Crippen LogP contribution is -2.57. The number of morpholine rings is 1. The van der Waals surface area contributed by atoms with Crippen molar-refractivity contribution in [1.29, 1.82) is 5.26 Å². The van der Waals surface area contributed by atoms with Crippen LogP contribution in [0.5, 0.6) is 0 Å². The molecule has 0 aliphatic carbocycles. The Kier molecular flexibility index (Phi) is 7.23. The minimum absolute atomic E-state index is 0.179. The predicted molar refractivity (Wildman–Crippen MR) is 95.3 cm³/mol. The molecule has 2 aliphatic heterocycles. The van der Waals surface area contributed by atoms with Gasteiger partial charge in [0.1, 0.15) is 5.54 Å². The number of carbonyl (C=O) groups excluding carboxylic acids is 2. The zero-order chi connectivity index (χ0) is 19.2. The number of hydrogen-bond acceptors (Lipinski definition) is 6. The molecule has 8 heteroatoms. The van der Waals surface area contributed by atoms with Crippen molar-refractivity contribution >= 4 is 12.0 Å². The Balaban J connectivity index is 2.01. The van der Waals surface area contributed by atoms with Crippen LogP contribution >= 0.6 is 0 Å². The average Bonchev–Trinajstić information content (AvgIpc) is 2.63. The molecule has 2 heterocycles. The number of nitrogens with zero attached hydrogens (tertiary/aromatic N) is 3. The van der Waals surface area contributed by atoms with Crippen molar-refractivity contribution in [2.24, 2.45) is 5.92 Å². The first kappa shape index (κ1) is 20.5. The van der Waals surface area contributed by atoms with Crippen LogP contribution in [0.3, 0.4) is 0 Å². The van der Waals surface area contributed by atoms with Crippen LogP contribution in [0.15, 0.2) is 0 Å². The van der Waals surface area contributed by atoms with Gasteiger partial charge in [0.2, 0.25) is 0 Å². The topological polar surface area (TPSA) is 94.9 Å². The van der Waals surface area contributed by atoms with Gasteiger partial charge in [-0.05, 0) is 32.2 Å². The first-order chi connectivity index (χ1) is 12.3. The molecule has 0 aromatic carbocycles. The number of nitrogens with one attached hydrogen (secondary N) is 1. The number of likely N-dealkylation sites (tertiary alicyclic amines) is 1. The van der Waals surface area contributed by atoms with E-state index < -0.39 is 17.7 Å². The molecule has 2 fully saturated rings.